The van der Waals surface area contributed by atoms with Crippen molar-refractivity contribution in [3.63, 3.8) is 0 Å². The highest BCUT2D eigenvalue weighted by molar-refractivity contribution is 6.65. The van der Waals surface area contributed by atoms with Gasteiger partial charge in [0.25, 0.3) is 0 Å². The molecule has 5 aliphatic carbocycles. The fourth-order valence-electron chi connectivity index (χ4n) is 4.59. The van der Waals surface area contributed by atoms with Crippen LogP contribution in [0.4, 0.5) is 0 Å². The van der Waals surface area contributed by atoms with E-state index in [2.05, 4.69) is 0 Å². The molecular weight excluding hydrogens is 547 g/mol. The van der Waals surface area contributed by atoms with E-state index in [1.165, 1.54) is 0 Å². The molecule has 26 heavy (non-hydrogen) atoms. The van der Waals surface area contributed by atoms with Gasteiger partial charge in [0.2, 0.25) is 0 Å². The summed E-state index contributed by atoms with van der Waals surface area (Å²) in [6.45, 7) is 0. The van der Waals surface area contributed by atoms with Crippen molar-refractivity contribution in [2.24, 2.45) is 35.4 Å². The topological polar surface area (TPSA) is 0 Å². The highest BCUT2D eigenvalue weighted by Crippen LogP contribution is 2.84. The van der Waals surface area contributed by atoms with Crippen LogP contribution in [-0.2, 0) is 0 Å². The summed E-state index contributed by atoms with van der Waals surface area (Å²) in [5, 5.41) is -2.82. The zero-order valence-corrected chi connectivity index (χ0v) is 19.5. The van der Waals surface area contributed by atoms with E-state index in [0.717, 1.165) is 0 Å². The maximum absolute atomic E-state index is 9.46. The van der Waals surface area contributed by atoms with Gasteiger partial charge in [-0.25, -0.2) is 0 Å². The second kappa shape index (κ2) is 5.67. The van der Waals surface area contributed by atoms with Gasteiger partial charge in [0.1, 0.15) is 9.75 Å². The first-order valence-corrected chi connectivity index (χ1v) is 10.9. The van der Waals surface area contributed by atoms with Crippen LogP contribution in [0, 0.1) is 35.4 Å². The highest BCUT2D eigenvalue weighted by atomic mass is 35.5. The fraction of sp³-hybridized carbons (Fsp3) is 0.625. The second-order valence-corrected chi connectivity index (χ2v) is 11.3. The Balaban J connectivity index is 2.02. The normalized spacial score (nSPS) is 70.4. The molecule has 0 spiro atoms. The average Bonchev–Trinajstić information content (AvgIpc) is 3.05. The molecule has 10 heteroatoms. The van der Waals surface area contributed by atoms with Gasteiger partial charge in [0, 0.05) is 30.1 Å². The van der Waals surface area contributed by atoms with Crippen LogP contribution < -0.4 is 0 Å². The van der Waals surface area contributed by atoms with Crippen molar-refractivity contribution in [2.45, 2.75) is 20.5 Å². The number of halogens is 10. The molecule has 3 saturated carbocycles. The lowest BCUT2D eigenvalue weighted by Gasteiger charge is -2.47. The van der Waals surface area contributed by atoms with Crippen molar-refractivity contribution < 1.29 is 8.22 Å². The van der Waals surface area contributed by atoms with Gasteiger partial charge in [-0.3, -0.25) is 0 Å². The molecule has 2 unspecified atom stereocenters. The lowest BCUT2D eigenvalue weighted by atomic mass is 9.63. The molecule has 0 aromatic carbocycles. The van der Waals surface area contributed by atoms with Gasteiger partial charge in [-0.2, -0.15) is 0 Å². The van der Waals surface area contributed by atoms with E-state index in [9.17, 15) is 5.48 Å². The van der Waals surface area contributed by atoms with Gasteiger partial charge >= 0.3 is 0 Å². The summed E-state index contributed by atoms with van der Waals surface area (Å²) in [7, 11) is 0. The molecule has 4 bridgehead atoms. The standard InChI is InChI=1S/C16H8Cl10/c17-8-4-2-1-3(5(4)9(18)11(20)10(8)19)7-6(2)14(23)12(21)13(22)15(7,24)16(14,25)26/h2-7H,1H2/t2-,3+,4+,5-,6?,7?,14+,15-/i1D2,2D,3D,4D,5D. The first-order chi connectivity index (χ1) is 14.2. The first kappa shape index (κ1) is 14.2. The lowest BCUT2D eigenvalue weighted by molar-refractivity contribution is 0.140. The van der Waals surface area contributed by atoms with Crippen LogP contribution in [0.2, 0.25) is 0 Å². The summed E-state index contributed by atoms with van der Waals surface area (Å²) < 4.78 is 53.2. The average molecular weight is 561 g/mol. The van der Waals surface area contributed by atoms with Gasteiger partial charge in [-0.15, -0.1) is 23.2 Å². The van der Waals surface area contributed by atoms with E-state index in [4.69, 9.17) is 119 Å². The lowest BCUT2D eigenvalue weighted by Crippen LogP contribution is -2.47. The van der Waals surface area contributed by atoms with E-state index in [-0.39, 0.29) is 10.1 Å². The zero-order valence-electron chi connectivity index (χ0n) is 17.9. The summed E-state index contributed by atoms with van der Waals surface area (Å²) >= 11 is 65.1. The number of hydrogen-bond donors (Lipinski definition) is 0. The third-order valence-corrected chi connectivity index (χ3v) is 11.7. The summed E-state index contributed by atoms with van der Waals surface area (Å²) in [4.78, 5) is -4.37. The first-order valence-electron chi connectivity index (χ1n) is 10.1. The van der Waals surface area contributed by atoms with Crippen molar-refractivity contribution in [3.05, 3.63) is 30.2 Å². The second-order valence-electron chi connectivity index (χ2n) is 6.54. The predicted molar refractivity (Wildman–Crippen MR) is 113 cm³/mol. The van der Waals surface area contributed by atoms with E-state index in [0.29, 0.717) is 0 Å². The monoisotopic (exact) mass is 556 g/mol. The number of rotatable bonds is 0. The van der Waals surface area contributed by atoms with Crippen LogP contribution in [0.15, 0.2) is 30.2 Å². The summed E-state index contributed by atoms with van der Waals surface area (Å²) in [6, 6.07) is 0. The molecule has 0 aromatic heterocycles. The SMILES string of the molecule is [2H]C1([2H])[C@]2([2H])C3C([C@]4(Cl)C(Cl)=C(Cl)[C@@]3(Cl)C4(Cl)Cl)[C@@]1([2H])[C@]1([2H])C(Cl)=C(Cl)C(Cl)=C(Cl)[C@@]12[2H]. The Bertz CT molecular complexity index is 1050. The molecule has 0 aliphatic heterocycles. The molecular formula is C16H8Cl10. The van der Waals surface area contributed by atoms with E-state index < -0.39 is 76.0 Å². The predicted octanol–water partition coefficient (Wildman–Crippen LogP) is 8.34. The maximum Gasteiger partial charge on any atom is 0.166 e. The molecule has 0 saturated heterocycles. The largest absolute Gasteiger partial charge is 0.166 e. The Morgan fingerprint density at radius 2 is 1.08 bits per heavy atom. The molecule has 0 aromatic rings. The third kappa shape index (κ3) is 1.78. The minimum atomic E-state index is -3.00. The molecule has 8 atom stereocenters. The van der Waals surface area contributed by atoms with Crippen molar-refractivity contribution in [1.82, 2.24) is 0 Å². The Morgan fingerprint density at radius 1 is 0.731 bits per heavy atom. The van der Waals surface area contributed by atoms with Gasteiger partial charge in [-0.05, 0) is 30.0 Å². The smallest absolute Gasteiger partial charge is 0.109 e. The van der Waals surface area contributed by atoms with Crippen molar-refractivity contribution in [2.75, 3.05) is 0 Å². The fourth-order valence-corrected chi connectivity index (χ4v) is 8.60. The molecule has 3 fully saturated rings. The molecule has 0 heterocycles. The number of fused-ring (bicyclic) bond motifs is 12. The molecule has 0 nitrogen and oxygen atoms in total. The quantitative estimate of drug-likeness (QED) is 0.206. The number of allylic oxidation sites excluding steroid dienone is 6. The molecule has 0 N–H and O–H groups in total. The van der Waals surface area contributed by atoms with E-state index >= 15 is 0 Å². The maximum atomic E-state index is 9.46. The van der Waals surface area contributed by atoms with Gasteiger partial charge in [0.05, 0.1) is 20.1 Å². The molecule has 0 radical (unpaired) electrons. The van der Waals surface area contributed by atoms with Gasteiger partial charge in [0.15, 0.2) is 4.33 Å². The van der Waals surface area contributed by atoms with Crippen molar-refractivity contribution in [3.8, 4) is 0 Å². The van der Waals surface area contributed by atoms with Crippen LogP contribution in [0.1, 0.15) is 14.6 Å². The minimum Gasteiger partial charge on any atom is -0.109 e. The number of alkyl halides is 4. The Kier molecular flexibility index (Phi) is 3.10. The number of hydrogen-bond acceptors (Lipinski definition) is 0. The highest BCUT2D eigenvalue weighted by Gasteiger charge is 2.87. The Labute approximate surface area is 209 Å². The van der Waals surface area contributed by atoms with E-state index in [1.54, 1.807) is 0 Å². The Hall–Kier alpha value is 2.12. The zero-order chi connectivity index (χ0) is 24.6. The molecule has 0 amide bonds. The van der Waals surface area contributed by atoms with Gasteiger partial charge in [-0.1, -0.05) is 92.8 Å². The third-order valence-electron chi connectivity index (χ3n) is 5.63. The summed E-state index contributed by atoms with van der Waals surface area (Å²) in [5.41, 5.74) is 0. The van der Waals surface area contributed by atoms with Crippen LogP contribution in [-0.4, -0.2) is 14.1 Å². The minimum absolute atomic E-state index is 0.332. The molecule has 5 rings (SSSR count). The summed E-state index contributed by atoms with van der Waals surface area (Å²) in [5.74, 6) is -14.3. The van der Waals surface area contributed by atoms with Crippen LogP contribution in [0.3, 0.4) is 0 Å². The van der Waals surface area contributed by atoms with Crippen molar-refractivity contribution in [1.29, 1.82) is 0 Å². The molecule has 5 aliphatic rings. The van der Waals surface area contributed by atoms with Crippen LogP contribution in [0.5, 0.6) is 0 Å². The molecule has 142 valence electrons. The van der Waals surface area contributed by atoms with Gasteiger partial charge < -0.3 is 0 Å². The van der Waals surface area contributed by atoms with Crippen molar-refractivity contribution >= 4 is 116 Å². The van der Waals surface area contributed by atoms with Crippen LogP contribution in [0.25, 0.3) is 0 Å². The van der Waals surface area contributed by atoms with Crippen LogP contribution >= 0.6 is 116 Å². The summed E-state index contributed by atoms with van der Waals surface area (Å²) in [6.07, 6.45) is -3.00. The Morgan fingerprint density at radius 3 is 1.42 bits per heavy atom. The van der Waals surface area contributed by atoms with E-state index in [1.807, 2.05) is 0 Å².